The first-order chi connectivity index (χ1) is 8.83. The molecule has 0 aliphatic heterocycles. The van der Waals surface area contributed by atoms with Crippen molar-refractivity contribution in [3.63, 3.8) is 0 Å². The van der Waals surface area contributed by atoms with Crippen molar-refractivity contribution in [2.24, 2.45) is 5.92 Å². The number of alkyl halides is 1. The molecule has 0 bridgehead atoms. The lowest BCUT2D eigenvalue weighted by atomic mass is 9.67. The Labute approximate surface area is 117 Å². The number of halogens is 1. The van der Waals surface area contributed by atoms with Crippen LogP contribution in [0.25, 0.3) is 0 Å². The lowest BCUT2D eigenvalue weighted by Gasteiger charge is -2.39. The summed E-state index contributed by atoms with van der Waals surface area (Å²) in [6.07, 6.45) is 9.46. The second-order valence-electron chi connectivity index (χ2n) is 5.70. The third-order valence-corrected chi connectivity index (χ3v) is 5.33. The zero-order valence-corrected chi connectivity index (χ0v) is 12.3. The van der Waals surface area contributed by atoms with Crippen LogP contribution in [-0.4, -0.2) is 5.88 Å². The predicted molar refractivity (Wildman–Crippen MR) is 80.3 cm³/mol. The fourth-order valence-corrected chi connectivity index (χ4v) is 4.17. The molecule has 1 aliphatic rings. The van der Waals surface area contributed by atoms with Crippen molar-refractivity contribution in [3.05, 3.63) is 35.9 Å². The van der Waals surface area contributed by atoms with Crippen LogP contribution in [-0.2, 0) is 5.41 Å². The number of hydrogen-bond donors (Lipinski definition) is 0. The van der Waals surface area contributed by atoms with Crippen LogP contribution in [0, 0.1) is 5.92 Å². The Bertz CT molecular complexity index is 332. The van der Waals surface area contributed by atoms with Crippen molar-refractivity contribution in [2.75, 3.05) is 5.88 Å². The first-order valence-corrected chi connectivity index (χ1v) is 7.98. The van der Waals surface area contributed by atoms with Gasteiger partial charge in [0.25, 0.3) is 0 Å². The fourth-order valence-electron chi connectivity index (χ4n) is 3.61. The molecule has 18 heavy (non-hydrogen) atoms. The van der Waals surface area contributed by atoms with Gasteiger partial charge in [-0.2, -0.15) is 0 Å². The molecule has 0 aromatic heterocycles. The molecule has 0 radical (unpaired) electrons. The molecule has 1 aliphatic carbocycles. The van der Waals surface area contributed by atoms with Gasteiger partial charge in [-0.3, -0.25) is 0 Å². The second-order valence-corrected chi connectivity index (χ2v) is 5.97. The van der Waals surface area contributed by atoms with E-state index in [2.05, 4.69) is 37.3 Å². The summed E-state index contributed by atoms with van der Waals surface area (Å²) in [5.74, 6) is 1.53. The Morgan fingerprint density at radius 1 is 1.06 bits per heavy atom. The largest absolute Gasteiger partial charge is 0.126 e. The topological polar surface area (TPSA) is 0 Å². The summed E-state index contributed by atoms with van der Waals surface area (Å²) in [5, 5.41) is 0. The number of benzene rings is 1. The van der Waals surface area contributed by atoms with Gasteiger partial charge in [-0.1, -0.05) is 62.9 Å². The minimum Gasteiger partial charge on any atom is -0.126 e. The molecule has 0 spiro atoms. The minimum absolute atomic E-state index is 0.202. The SMILES string of the molecule is CCC(CCl)(c1ccccc1)C1CCCCCC1. The summed E-state index contributed by atoms with van der Waals surface area (Å²) in [6, 6.07) is 11.0. The highest BCUT2D eigenvalue weighted by atomic mass is 35.5. The Morgan fingerprint density at radius 2 is 1.67 bits per heavy atom. The van der Waals surface area contributed by atoms with Gasteiger partial charge in [-0.05, 0) is 30.7 Å². The van der Waals surface area contributed by atoms with Gasteiger partial charge in [0.05, 0.1) is 0 Å². The quantitative estimate of drug-likeness (QED) is 0.494. The normalized spacial score (nSPS) is 21.2. The van der Waals surface area contributed by atoms with E-state index in [1.165, 1.54) is 44.1 Å². The van der Waals surface area contributed by atoms with Crippen LogP contribution in [0.15, 0.2) is 30.3 Å². The highest BCUT2D eigenvalue weighted by molar-refractivity contribution is 6.18. The maximum Gasteiger partial charge on any atom is 0.0323 e. The van der Waals surface area contributed by atoms with Gasteiger partial charge in [-0.25, -0.2) is 0 Å². The summed E-state index contributed by atoms with van der Waals surface area (Å²) in [6.45, 7) is 2.31. The minimum atomic E-state index is 0.202. The van der Waals surface area contributed by atoms with E-state index in [0.717, 1.165) is 18.2 Å². The van der Waals surface area contributed by atoms with E-state index < -0.39 is 0 Å². The van der Waals surface area contributed by atoms with E-state index in [-0.39, 0.29) is 5.41 Å². The van der Waals surface area contributed by atoms with Crippen LogP contribution in [0.4, 0.5) is 0 Å². The summed E-state index contributed by atoms with van der Waals surface area (Å²) >= 11 is 6.45. The Kier molecular flexibility index (Phi) is 5.12. The van der Waals surface area contributed by atoms with Crippen LogP contribution >= 0.6 is 11.6 Å². The first-order valence-electron chi connectivity index (χ1n) is 7.45. The zero-order valence-electron chi connectivity index (χ0n) is 11.5. The summed E-state index contributed by atoms with van der Waals surface area (Å²) in [4.78, 5) is 0. The van der Waals surface area contributed by atoms with E-state index in [4.69, 9.17) is 11.6 Å². The molecule has 1 saturated carbocycles. The second kappa shape index (κ2) is 6.61. The third-order valence-electron chi connectivity index (χ3n) is 4.85. The van der Waals surface area contributed by atoms with Gasteiger partial charge in [0.2, 0.25) is 0 Å². The summed E-state index contributed by atoms with van der Waals surface area (Å²) < 4.78 is 0. The zero-order chi connectivity index (χ0) is 12.8. The average Bonchev–Trinajstić information content (AvgIpc) is 2.72. The molecule has 2 rings (SSSR count). The Morgan fingerprint density at radius 3 is 2.17 bits per heavy atom. The average molecular weight is 265 g/mol. The van der Waals surface area contributed by atoms with Crippen molar-refractivity contribution < 1.29 is 0 Å². The van der Waals surface area contributed by atoms with Crippen LogP contribution in [0.2, 0.25) is 0 Å². The monoisotopic (exact) mass is 264 g/mol. The molecular formula is C17H25Cl. The van der Waals surface area contributed by atoms with Crippen LogP contribution in [0.1, 0.15) is 57.4 Å². The van der Waals surface area contributed by atoms with Crippen LogP contribution < -0.4 is 0 Å². The molecule has 100 valence electrons. The molecule has 1 aromatic carbocycles. The van der Waals surface area contributed by atoms with Gasteiger partial charge in [-0.15, -0.1) is 11.6 Å². The molecule has 0 nitrogen and oxygen atoms in total. The van der Waals surface area contributed by atoms with Gasteiger partial charge >= 0.3 is 0 Å². The molecular weight excluding hydrogens is 240 g/mol. The van der Waals surface area contributed by atoms with E-state index in [1.807, 2.05) is 0 Å². The molecule has 1 heteroatoms. The highest BCUT2D eigenvalue weighted by Crippen LogP contribution is 2.43. The molecule has 1 atom stereocenters. The van der Waals surface area contributed by atoms with Crippen LogP contribution in [0.5, 0.6) is 0 Å². The molecule has 1 fully saturated rings. The van der Waals surface area contributed by atoms with Gasteiger partial charge in [0.15, 0.2) is 0 Å². The fraction of sp³-hybridized carbons (Fsp3) is 0.647. The van der Waals surface area contributed by atoms with Crippen LogP contribution in [0.3, 0.4) is 0 Å². The molecule has 1 unspecified atom stereocenters. The van der Waals surface area contributed by atoms with E-state index in [1.54, 1.807) is 0 Å². The lowest BCUT2D eigenvalue weighted by Crippen LogP contribution is -2.36. The molecule has 1 aromatic rings. The smallest absolute Gasteiger partial charge is 0.0323 e. The molecule has 0 N–H and O–H groups in total. The number of hydrogen-bond acceptors (Lipinski definition) is 0. The van der Waals surface area contributed by atoms with E-state index >= 15 is 0 Å². The standard InChI is InChI=1S/C17H25Cl/c1-2-17(14-18,16-12-8-5-9-13-16)15-10-6-3-4-7-11-15/h5,8-9,12-13,15H,2-4,6-7,10-11,14H2,1H3. The lowest BCUT2D eigenvalue weighted by molar-refractivity contribution is 0.256. The highest BCUT2D eigenvalue weighted by Gasteiger charge is 2.37. The van der Waals surface area contributed by atoms with Gasteiger partial charge < -0.3 is 0 Å². The summed E-state index contributed by atoms with van der Waals surface area (Å²) in [7, 11) is 0. The van der Waals surface area contributed by atoms with Gasteiger partial charge in [0, 0.05) is 11.3 Å². The molecule has 0 heterocycles. The Hall–Kier alpha value is -0.490. The van der Waals surface area contributed by atoms with E-state index in [0.29, 0.717) is 0 Å². The summed E-state index contributed by atoms with van der Waals surface area (Å²) in [5.41, 5.74) is 1.65. The first kappa shape index (κ1) is 13.9. The molecule has 0 saturated heterocycles. The Balaban J connectivity index is 2.30. The third kappa shape index (κ3) is 2.74. The van der Waals surface area contributed by atoms with Crippen molar-refractivity contribution in [2.45, 2.75) is 57.3 Å². The molecule has 0 amide bonds. The van der Waals surface area contributed by atoms with Crippen molar-refractivity contribution in [1.29, 1.82) is 0 Å². The van der Waals surface area contributed by atoms with Crippen molar-refractivity contribution in [3.8, 4) is 0 Å². The maximum absolute atomic E-state index is 6.45. The van der Waals surface area contributed by atoms with E-state index in [9.17, 15) is 0 Å². The maximum atomic E-state index is 6.45. The van der Waals surface area contributed by atoms with Crippen molar-refractivity contribution in [1.82, 2.24) is 0 Å². The van der Waals surface area contributed by atoms with Crippen molar-refractivity contribution >= 4 is 11.6 Å². The predicted octanol–water partition coefficient (Wildman–Crippen LogP) is 5.54. The van der Waals surface area contributed by atoms with Gasteiger partial charge in [0.1, 0.15) is 0 Å². The number of rotatable bonds is 4.